The number of hydrogen-bond donors (Lipinski definition) is 0. The van der Waals surface area contributed by atoms with Gasteiger partial charge in [0.05, 0.1) is 18.8 Å². The van der Waals surface area contributed by atoms with Crippen molar-refractivity contribution in [1.29, 1.82) is 5.26 Å². The summed E-state index contributed by atoms with van der Waals surface area (Å²) in [5, 5.41) is 12.9. The number of benzene rings is 1. The molecule has 0 bridgehead atoms. The van der Waals surface area contributed by atoms with E-state index in [4.69, 9.17) is 14.1 Å². The Bertz CT molecular complexity index is 1040. The van der Waals surface area contributed by atoms with Crippen molar-refractivity contribution in [2.45, 2.75) is 26.8 Å². The lowest BCUT2D eigenvalue weighted by atomic mass is 10.1. The normalized spacial score (nSPS) is 10.6. The van der Waals surface area contributed by atoms with Crippen molar-refractivity contribution in [2.24, 2.45) is 0 Å². The Kier molecular flexibility index (Phi) is 5.22. The SMILES string of the molecule is Cc1cccc(N(CCC#N)C(=O)Cn2nc(-c3ccco3)oc2=O)c1C. The van der Waals surface area contributed by atoms with E-state index in [1.165, 1.54) is 11.2 Å². The smallest absolute Gasteiger partial charge is 0.437 e. The highest BCUT2D eigenvalue weighted by Gasteiger charge is 2.21. The van der Waals surface area contributed by atoms with Crippen LogP contribution in [0.4, 0.5) is 5.69 Å². The Morgan fingerprint density at radius 2 is 2.11 bits per heavy atom. The lowest BCUT2D eigenvalue weighted by Crippen LogP contribution is -2.37. The van der Waals surface area contributed by atoms with Crippen LogP contribution in [0.25, 0.3) is 11.7 Å². The second kappa shape index (κ2) is 7.74. The lowest BCUT2D eigenvalue weighted by molar-refractivity contribution is -0.119. The van der Waals surface area contributed by atoms with Crippen molar-refractivity contribution in [1.82, 2.24) is 9.78 Å². The predicted octanol–water partition coefficient (Wildman–Crippen LogP) is 2.66. The van der Waals surface area contributed by atoms with Gasteiger partial charge in [-0.25, -0.2) is 4.79 Å². The van der Waals surface area contributed by atoms with Gasteiger partial charge in [0.15, 0.2) is 5.76 Å². The number of nitriles is 1. The van der Waals surface area contributed by atoms with Crippen molar-refractivity contribution in [3.63, 3.8) is 0 Å². The molecule has 0 saturated carbocycles. The Hall–Kier alpha value is -3.60. The van der Waals surface area contributed by atoms with Gasteiger partial charge in [-0.3, -0.25) is 4.79 Å². The Morgan fingerprint density at radius 1 is 1.30 bits per heavy atom. The molecule has 0 atom stereocenters. The van der Waals surface area contributed by atoms with Gasteiger partial charge in [0.2, 0.25) is 5.91 Å². The number of aryl methyl sites for hydroxylation is 1. The van der Waals surface area contributed by atoms with Gasteiger partial charge in [0, 0.05) is 12.2 Å². The molecule has 0 radical (unpaired) electrons. The van der Waals surface area contributed by atoms with Crippen LogP contribution in [0.2, 0.25) is 0 Å². The van der Waals surface area contributed by atoms with Crippen molar-refractivity contribution in [3.05, 3.63) is 58.3 Å². The molecule has 1 aromatic carbocycles. The molecule has 8 heteroatoms. The average Bonchev–Trinajstić information content (AvgIpc) is 3.29. The molecule has 0 N–H and O–H groups in total. The van der Waals surface area contributed by atoms with Gasteiger partial charge in [-0.2, -0.15) is 9.94 Å². The number of rotatable bonds is 6. The lowest BCUT2D eigenvalue weighted by Gasteiger charge is -2.24. The number of aromatic nitrogens is 2. The van der Waals surface area contributed by atoms with Crippen LogP contribution >= 0.6 is 0 Å². The summed E-state index contributed by atoms with van der Waals surface area (Å²) in [4.78, 5) is 26.4. The van der Waals surface area contributed by atoms with E-state index in [0.717, 1.165) is 15.8 Å². The number of anilines is 1. The number of hydrogen-bond acceptors (Lipinski definition) is 6. The van der Waals surface area contributed by atoms with Crippen LogP contribution in [0.1, 0.15) is 17.5 Å². The van der Waals surface area contributed by atoms with Gasteiger partial charge in [-0.05, 0) is 43.2 Å². The summed E-state index contributed by atoms with van der Waals surface area (Å²) < 4.78 is 11.1. The van der Waals surface area contributed by atoms with E-state index in [9.17, 15) is 9.59 Å². The summed E-state index contributed by atoms with van der Waals surface area (Å²) in [6.45, 7) is 3.78. The van der Waals surface area contributed by atoms with Gasteiger partial charge in [0.1, 0.15) is 6.54 Å². The maximum Gasteiger partial charge on any atom is 0.437 e. The number of carbonyl (C=O) groups is 1. The molecular formula is C19H18N4O4. The first-order valence-electron chi connectivity index (χ1n) is 8.36. The minimum Gasteiger partial charge on any atom is -0.459 e. The maximum atomic E-state index is 12.9. The second-order valence-corrected chi connectivity index (χ2v) is 5.98. The van der Waals surface area contributed by atoms with E-state index in [-0.39, 0.29) is 31.3 Å². The van der Waals surface area contributed by atoms with E-state index in [1.54, 1.807) is 12.1 Å². The molecule has 0 aliphatic heterocycles. The van der Waals surface area contributed by atoms with E-state index in [0.29, 0.717) is 11.4 Å². The highest BCUT2D eigenvalue weighted by molar-refractivity contribution is 5.94. The molecule has 8 nitrogen and oxygen atoms in total. The zero-order valence-electron chi connectivity index (χ0n) is 15.0. The molecule has 2 heterocycles. The zero-order valence-corrected chi connectivity index (χ0v) is 15.0. The van der Waals surface area contributed by atoms with Crippen molar-refractivity contribution in [2.75, 3.05) is 11.4 Å². The van der Waals surface area contributed by atoms with Gasteiger partial charge in [-0.1, -0.05) is 12.1 Å². The average molecular weight is 366 g/mol. The highest BCUT2D eigenvalue weighted by Crippen LogP contribution is 2.23. The fourth-order valence-electron chi connectivity index (χ4n) is 2.69. The van der Waals surface area contributed by atoms with Crippen LogP contribution in [0.15, 0.2) is 50.2 Å². The van der Waals surface area contributed by atoms with Crippen molar-refractivity contribution < 1.29 is 13.6 Å². The standard InChI is InChI=1S/C19H18N4O4/c1-13-6-3-7-15(14(13)2)22(10-5-9-20)17(24)12-23-19(25)27-18(21-23)16-8-4-11-26-16/h3-4,6-8,11H,5,10,12H2,1-2H3. The van der Waals surface area contributed by atoms with Crippen molar-refractivity contribution >= 4 is 11.6 Å². The molecular weight excluding hydrogens is 348 g/mol. The van der Waals surface area contributed by atoms with Gasteiger partial charge < -0.3 is 13.7 Å². The zero-order chi connectivity index (χ0) is 19.4. The van der Waals surface area contributed by atoms with Crippen LogP contribution in [-0.2, 0) is 11.3 Å². The Labute approximate surface area is 155 Å². The number of carbonyl (C=O) groups excluding carboxylic acids is 1. The molecule has 0 aliphatic rings. The maximum absolute atomic E-state index is 12.9. The molecule has 27 heavy (non-hydrogen) atoms. The molecule has 0 spiro atoms. The molecule has 138 valence electrons. The predicted molar refractivity (Wildman–Crippen MR) is 97.0 cm³/mol. The molecule has 0 fully saturated rings. The number of amides is 1. The van der Waals surface area contributed by atoms with Crippen LogP contribution in [0.3, 0.4) is 0 Å². The molecule has 1 amide bonds. The van der Waals surface area contributed by atoms with Crippen LogP contribution < -0.4 is 10.7 Å². The third kappa shape index (κ3) is 3.82. The summed E-state index contributed by atoms with van der Waals surface area (Å²) in [6, 6.07) is 10.9. The minimum atomic E-state index is -0.754. The van der Waals surface area contributed by atoms with Crippen LogP contribution in [-0.4, -0.2) is 22.2 Å². The van der Waals surface area contributed by atoms with E-state index >= 15 is 0 Å². The molecule has 0 unspecified atom stereocenters. The third-order valence-corrected chi connectivity index (χ3v) is 4.24. The summed E-state index contributed by atoms with van der Waals surface area (Å²) in [7, 11) is 0. The van der Waals surface area contributed by atoms with Crippen LogP contribution in [0, 0.1) is 25.2 Å². The van der Waals surface area contributed by atoms with Gasteiger partial charge in [0.25, 0.3) is 5.89 Å². The number of nitrogens with zero attached hydrogens (tertiary/aromatic N) is 4. The first-order chi connectivity index (χ1) is 13.0. The largest absolute Gasteiger partial charge is 0.459 e. The summed E-state index contributed by atoms with van der Waals surface area (Å²) >= 11 is 0. The minimum absolute atomic E-state index is 0.00751. The van der Waals surface area contributed by atoms with E-state index in [2.05, 4.69) is 5.10 Å². The quantitative estimate of drug-likeness (QED) is 0.664. The fourth-order valence-corrected chi connectivity index (χ4v) is 2.69. The summed E-state index contributed by atoms with van der Waals surface area (Å²) in [5.41, 5.74) is 2.67. The van der Waals surface area contributed by atoms with Crippen molar-refractivity contribution in [3.8, 4) is 17.7 Å². The molecule has 0 aliphatic carbocycles. The molecule has 2 aromatic heterocycles. The summed E-state index contributed by atoms with van der Waals surface area (Å²) in [5.74, 6) is -0.807. The molecule has 3 aromatic rings. The third-order valence-electron chi connectivity index (χ3n) is 4.24. The summed E-state index contributed by atoms with van der Waals surface area (Å²) in [6.07, 6.45) is 1.61. The Morgan fingerprint density at radius 3 is 2.81 bits per heavy atom. The fraction of sp³-hybridized carbons (Fsp3) is 0.263. The monoisotopic (exact) mass is 366 g/mol. The molecule has 0 saturated heterocycles. The van der Waals surface area contributed by atoms with Gasteiger partial charge >= 0.3 is 5.76 Å². The van der Waals surface area contributed by atoms with Crippen LogP contribution in [0.5, 0.6) is 0 Å². The second-order valence-electron chi connectivity index (χ2n) is 5.98. The first-order valence-corrected chi connectivity index (χ1v) is 8.36. The topological polar surface area (TPSA) is 105 Å². The van der Waals surface area contributed by atoms with E-state index in [1.807, 2.05) is 38.1 Å². The van der Waals surface area contributed by atoms with E-state index < -0.39 is 5.76 Å². The molecule has 3 rings (SSSR count). The first kappa shape index (κ1) is 18.2. The van der Waals surface area contributed by atoms with Gasteiger partial charge in [-0.15, -0.1) is 5.10 Å². The Balaban J connectivity index is 1.88. The highest BCUT2D eigenvalue weighted by atomic mass is 16.4. The number of furan rings is 1.